The van der Waals surface area contributed by atoms with Crippen molar-refractivity contribution in [1.82, 2.24) is 15.3 Å². The molecule has 106 valence electrons. The molecule has 0 bridgehead atoms. The lowest BCUT2D eigenvalue weighted by molar-refractivity contribution is -0.0636. The van der Waals surface area contributed by atoms with E-state index in [4.69, 9.17) is 4.74 Å². The van der Waals surface area contributed by atoms with Gasteiger partial charge in [-0.15, -0.1) is 0 Å². The van der Waals surface area contributed by atoms with Gasteiger partial charge >= 0.3 is 0 Å². The van der Waals surface area contributed by atoms with Crippen molar-refractivity contribution in [2.45, 2.75) is 57.6 Å². The molecule has 0 spiro atoms. The van der Waals surface area contributed by atoms with E-state index in [1.165, 1.54) is 12.8 Å². The first-order valence-electron chi connectivity index (χ1n) is 7.45. The van der Waals surface area contributed by atoms with E-state index < -0.39 is 0 Å². The Morgan fingerprint density at radius 1 is 1.32 bits per heavy atom. The average molecular weight is 263 g/mol. The summed E-state index contributed by atoms with van der Waals surface area (Å²) in [6.07, 6.45) is 11.2. The molecular weight excluding hydrogens is 238 g/mol. The molecule has 1 unspecified atom stereocenters. The zero-order valence-electron chi connectivity index (χ0n) is 12.1. The number of hydrogen-bond donors (Lipinski definition) is 1. The monoisotopic (exact) mass is 263 g/mol. The highest BCUT2D eigenvalue weighted by Gasteiger charge is 2.43. The molecule has 1 heterocycles. The fourth-order valence-corrected chi connectivity index (χ4v) is 3.09. The predicted octanol–water partition coefficient (Wildman–Crippen LogP) is 2.87. The summed E-state index contributed by atoms with van der Waals surface area (Å²) < 4.78 is 6.17. The highest BCUT2D eigenvalue weighted by atomic mass is 16.5. The fraction of sp³-hybridized carbons (Fsp3) is 0.733. The molecule has 2 rings (SSSR count). The summed E-state index contributed by atoms with van der Waals surface area (Å²) in [5.74, 6) is 0. The quantitative estimate of drug-likeness (QED) is 0.821. The Morgan fingerprint density at radius 2 is 2.11 bits per heavy atom. The second-order valence-corrected chi connectivity index (χ2v) is 5.22. The molecule has 0 aromatic carbocycles. The molecule has 1 saturated carbocycles. The van der Waals surface area contributed by atoms with Crippen LogP contribution in [0.1, 0.15) is 57.7 Å². The van der Waals surface area contributed by atoms with E-state index in [0.717, 1.165) is 38.1 Å². The second kappa shape index (κ2) is 6.96. The number of hydrogen-bond acceptors (Lipinski definition) is 4. The van der Waals surface area contributed by atoms with Crippen LogP contribution in [0.4, 0.5) is 0 Å². The summed E-state index contributed by atoms with van der Waals surface area (Å²) in [6, 6.07) is 0.156. The van der Waals surface area contributed by atoms with Crippen LogP contribution in [0, 0.1) is 0 Å². The lowest BCUT2D eigenvalue weighted by Crippen LogP contribution is -2.45. The van der Waals surface area contributed by atoms with Crippen molar-refractivity contribution in [3.8, 4) is 0 Å². The molecule has 0 saturated heterocycles. The van der Waals surface area contributed by atoms with Crippen molar-refractivity contribution in [3.05, 3.63) is 24.3 Å². The minimum absolute atomic E-state index is 0.0973. The topological polar surface area (TPSA) is 47.0 Å². The van der Waals surface area contributed by atoms with Crippen LogP contribution >= 0.6 is 0 Å². The smallest absolute Gasteiger partial charge is 0.0892 e. The molecule has 1 N–H and O–H groups in total. The lowest BCUT2D eigenvalue weighted by Gasteiger charge is -2.37. The van der Waals surface area contributed by atoms with Crippen molar-refractivity contribution in [2.75, 3.05) is 13.2 Å². The normalized spacial score (nSPS) is 19.5. The number of nitrogens with one attached hydrogen (secondary N) is 1. The summed E-state index contributed by atoms with van der Waals surface area (Å²) >= 11 is 0. The van der Waals surface area contributed by atoms with Crippen molar-refractivity contribution in [1.29, 1.82) is 0 Å². The molecular formula is C15H25N3O. The number of aromatic nitrogens is 2. The van der Waals surface area contributed by atoms with Gasteiger partial charge in [0.2, 0.25) is 0 Å². The van der Waals surface area contributed by atoms with Gasteiger partial charge in [0.15, 0.2) is 0 Å². The first-order valence-corrected chi connectivity index (χ1v) is 7.45. The molecule has 1 aromatic rings. The third-order valence-electron chi connectivity index (χ3n) is 3.89. The Balaban J connectivity index is 2.24. The molecule has 0 radical (unpaired) electrons. The van der Waals surface area contributed by atoms with Crippen molar-refractivity contribution in [2.24, 2.45) is 0 Å². The molecule has 1 aliphatic carbocycles. The van der Waals surface area contributed by atoms with Crippen molar-refractivity contribution < 1.29 is 4.74 Å². The van der Waals surface area contributed by atoms with Crippen LogP contribution in [0.15, 0.2) is 18.6 Å². The standard InChI is InChI=1S/C15H25N3O/c1-3-9-18-14(13-12-16-10-11-17-13)15(19-4-2)7-5-6-8-15/h10-12,14,18H,3-9H2,1-2H3. The van der Waals surface area contributed by atoms with Crippen LogP contribution in [0.25, 0.3) is 0 Å². The number of ether oxygens (including phenoxy) is 1. The zero-order chi connectivity index (χ0) is 13.6. The van der Waals surface area contributed by atoms with E-state index in [1.807, 2.05) is 6.20 Å². The third kappa shape index (κ3) is 3.31. The Labute approximate surface area is 116 Å². The summed E-state index contributed by atoms with van der Waals surface area (Å²) in [6.45, 7) is 6.00. The van der Waals surface area contributed by atoms with Crippen LogP contribution in [-0.4, -0.2) is 28.7 Å². The Kier molecular flexibility index (Phi) is 5.28. The van der Waals surface area contributed by atoms with Crippen LogP contribution in [0.2, 0.25) is 0 Å². The molecule has 4 nitrogen and oxygen atoms in total. The maximum absolute atomic E-state index is 6.17. The highest BCUT2D eigenvalue weighted by molar-refractivity contribution is 5.12. The molecule has 19 heavy (non-hydrogen) atoms. The number of nitrogens with zero attached hydrogens (tertiary/aromatic N) is 2. The van der Waals surface area contributed by atoms with Gasteiger partial charge in [0.25, 0.3) is 0 Å². The van der Waals surface area contributed by atoms with Crippen LogP contribution in [0.5, 0.6) is 0 Å². The molecule has 1 fully saturated rings. The van der Waals surface area contributed by atoms with Gasteiger partial charge in [-0.25, -0.2) is 0 Å². The van der Waals surface area contributed by atoms with Gasteiger partial charge in [0.1, 0.15) is 0 Å². The third-order valence-corrected chi connectivity index (χ3v) is 3.89. The second-order valence-electron chi connectivity index (χ2n) is 5.22. The zero-order valence-corrected chi connectivity index (χ0v) is 12.1. The van der Waals surface area contributed by atoms with Gasteiger partial charge in [-0.3, -0.25) is 9.97 Å². The van der Waals surface area contributed by atoms with Crippen LogP contribution < -0.4 is 5.32 Å². The Hall–Kier alpha value is -1.00. The maximum atomic E-state index is 6.17. The van der Waals surface area contributed by atoms with E-state index >= 15 is 0 Å². The largest absolute Gasteiger partial charge is 0.373 e. The van der Waals surface area contributed by atoms with Gasteiger partial charge in [0.05, 0.1) is 23.5 Å². The summed E-state index contributed by atoms with van der Waals surface area (Å²) in [7, 11) is 0. The summed E-state index contributed by atoms with van der Waals surface area (Å²) in [4.78, 5) is 8.72. The Morgan fingerprint density at radius 3 is 2.68 bits per heavy atom. The van der Waals surface area contributed by atoms with Gasteiger partial charge in [-0.2, -0.15) is 0 Å². The minimum atomic E-state index is -0.0973. The van der Waals surface area contributed by atoms with E-state index in [1.54, 1.807) is 12.4 Å². The van der Waals surface area contributed by atoms with Gasteiger partial charge < -0.3 is 10.1 Å². The SMILES string of the molecule is CCCNC(c1cnccn1)C1(OCC)CCCC1. The van der Waals surface area contributed by atoms with E-state index in [2.05, 4.69) is 29.1 Å². The van der Waals surface area contributed by atoms with E-state index in [9.17, 15) is 0 Å². The molecule has 4 heteroatoms. The molecule has 1 atom stereocenters. The minimum Gasteiger partial charge on any atom is -0.373 e. The fourth-order valence-electron chi connectivity index (χ4n) is 3.09. The summed E-state index contributed by atoms with van der Waals surface area (Å²) in [5, 5.41) is 3.63. The van der Waals surface area contributed by atoms with E-state index in [-0.39, 0.29) is 11.6 Å². The molecule has 0 aliphatic heterocycles. The first kappa shape index (κ1) is 14.4. The van der Waals surface area contributed by atoms with Gasteiger partial charge in [0, 0.05) is 19.0 Å². The van der Waals surface area contributed by atoms with E-state index in [0.29, 0.717) is 0 Å². The van der Waals surface area contributed by atoms with Gasteiger partial charge in [-0.1, -0.05) is 19.8 Å². The van der Waals surface area contributed by atoms with Crippen molar-refractivity contribution in [3.63, 3.8) is 0 Å². The Bertz CT molecular complexity index is 363. The molecule has 0 amide bonds. The van der Waals surface area contributed by atoms with Crippen LogP contribution in [-0.2, 0) is 4.74 Å². The van der Waals surface area contributed by atoms with Gasteiger partial charge in [-0.05, 0) is 32.7 Å². The average Bonchev–Trinajstić information content (AvgIpc) is 2.90. The van der Waals surface area contributed by atoms with Crippen LogP contribution in [0.3, 0.4) is 0 Å². The maximum Gasteiger partial charge on any atom is 0.0892 e. The molecule has 1 aromatic heterocycles. The first-order chi connectivity index (χ1) is 9.32. The number of rotatable bonds is 7. The predicted molar refractivity (Wildman–Crippen MR) is 75.9 cm³/mol. The summed E-state index contributed by atoms with van der Waals surface area (Å²) in [5.41, 5.74) is 0.909. The molecule has 1 aliphatic rings. The highest BCUT2D eigenvalue weighted by Crippen LogP contribution is 2.42. The lowest BCUT2D eigenvalue weighted by atomic mass is 9.89. The van der Waals surface area contributed by atoms with Crippen molar-refractivity contribution >= 4 is 0 Å².